The van der Waals surface area contributed by atoms with Crippen molar-refractivity contribution >= 4 is 0 Å². The maximum atomic E-state index is 8.85. The largest absolute Gasteiger partial charge is 0.396 e. The van der Waals surface area contributed by atoms with E-state index in [4.69, 9.17) is 15.5 Å². The Morgan fingerprint density at radius 3 is 2.60 bits per heavy atom. The van der Waals surface area contributed by atoms with Crippen molar-refractivity contribution in [3.63, 3.8) is 0 Å². The van der Waals surface area contributed by atoms with Gasteiger partial charge < -0.3 is 14.9 Å². The summed E-state index contributed by atoms with van der Waals surface area (Å²) >= 11 is 0. The number of ether oxygens (including phenoxy) is 1. The van der Waals surface area contributed by atoms with Gasteiger partial charge in [-0.25, -0.2) is 10.1 Å². The summed E-state index contributed by atoms with van der Waals surface area (Å²) in [6.45, 7) is -0.284. The molecule has 0 aromatic carbocycles. The summed E-state index contributed by atoms with van der Waals surface area (Å²) in [5, 5.41) is 24.9. The molecule has 0 aliphatic heterocycles. The topological polar surface area (TPSA) is 79.2 Å². The van der Waals surface area contributed by atoms with E-state index in [1.54, 1.807) is 0 Å². The highest BCUT2D eigenvalue weighted by atomic mass is 17.1. The van der Waals surface area contributed by atoms with Gasteiger partial charge in [0, 0.05) is 6.61 Å². The third-order valence-electron chi connectivity index (χ3n) is 0.909. The van der Waals surface area contributed by atoms with Crippen LogP contribution in [0.5, 0.6) is 0 Å². The van der Waals surface area contributed by atoms with Crippen LogP contribution in [0.25, 0.3) is 0 Å². The molecule has 0 radical (unpaired) electrons. The smallest absolute Gasteiger partial charge is 0.180 e. The molecule has 0 fully saturated rings. The quantitative estimate of drug-likeness (QED) is 0.201. The van der Waals surface area contributed by atoms with Crippen LogP contribution < -0.4 is 0 Å². The molecular formula is C5H12O5. The number of hydrogen-bond donors (Lipinski definition) is 3. The molecule has 5 nitrogen and oxygen atoms in total. The second-order valence-corrected chi connectivity index (χ2v) is 1.78. The molecule has 1 atom stereocenters. The molecule has 0 heterocycles. The number of aliphatic hydroxyl groups excluding tert-OH is 2. The molecule has 1 unspecified atom stereocenters. The Morgan fingerprint density at radius 1 is 1.40 bits per heavy atom. The lowest BCUT2D eigenvalue weighted by atomic mass is 10.3. The standard InChI is InChI=1S/C5H12O5/c6-2-1-5(7)3-9-4-10-8/h5-8H,1-4H2. The fourth-order valence-corrected chi connectivity index (χ4v) is 0.454. The van der Waals surface area contributed by atoms with E-state index in [0.29, 0.717) is 0 Å². The van der Waals surface area contributed by atoms with Crippen LogP contribution in [0.4, 0.5) is 0 Å². The molecule has 0 aromatic rings. The summed E-state index contributed by atoms with van der Waals surface area (Å²) < 4.78 is 4.56. The van der Waals surface area contributed by atoms with Gasteiger partial charge in [-0.15, -0.1) is 0 Å². The first kappa shape index (κ1) is 9.80. The third kappa shape index (κ3) is 5.93. The SMILES string of the molecule is OCCC(O)COCOO. The van der Waals surface area contributed by atoms with Gasteiger partial charge in [-0.1, -0.05) is 0 Å². The Kier molecular flexibility index (Phi) is 6.78. The second-order valence-electron chi connectivity index (χ2n) is 1.78. The van der Waals surface area contributed by atoms with E-state index in [0.717, 1.165) is 0 Å². The zero-order valence-corrected chi connectivity index (χ0v) is 5.56. The van der Waals surface area contributed by atoms with Crippen molar-refractivity contribution in [2.24, 2.45) is 0 Å². The predicted molar refractivity (Wildman–Crippen MR) is 32.2 cm³/mol. The first-order valence-electron chi connectivity index (χ1n) is 2.94. The highest BCUT2D eigenvalue weighted by Gasteiger charge is 2.01. The van der Waals surface area contributed by atoms with Crippen molar-refractivity contribution in [1.29, 1.82) is 0 Å². The second kappa shape index (κ2) is 6.91. The van der Waals surface area contributed by atoms with Crippen molar-refractivity contribution in [1.82, 2.24) is 0 Å². The van der Waals surface area contributed by atoms with Crippen molar-refractivity contribution in [2.45, 2.75) is 12.5 Å². The fourth-order valence-electron chi connectivity index (χ4n) is 0.454. The molecule has 0 rings (SSSR count). The van der Waals surface area contributed by atoms with E-state index in [1.165, 1.54) is 0 Å². The molecular weight excluding hydrogens is 140 g/mol. The molecule has 0 aliphatic rings. The van der Waals surface area contributed by atoms with E-state index in [-0.39, 0.29) is 26.4 Å². The first-order valence-corrected chi connectivity index (χ1v) is 2.94. The third-order valence-corrected chi connectivity index (χ3v) is 0.909. The van der Waals surface area contributed by atoms with Gasteiger partial charge in [-0.3, -0.25) is 0 Å². The van der Waals surface area contributed by atoms with Gasteiger partial charge in [0.25, 0.3) is 0 Å². The van der Waals surface area contributed by atoms with Crippen LogP contribution in [0.1, 0.15) is 6.42 Å². The van der Waals surface area contributed by atoms with E-state index in [9.17, 15) is 0 Å². The molecule has 10 heavy (non-hydrogen) atoms. The summed E-state index contributed by atoms with van der Waals surface area (Å²) in [7, 11) is 0. The molecule has 0 aliphatic carbocycles. The van der Waals surface area contributed by atoms with E-state index in [2.05, 4.69) is 9.62 Å². The van der Waals surface area contributed by atoms with Crippen LogP contribution >= 0.6 is 0 Å². The fraction of sp³-hybridized carbons (Fsp3) is 1.00. The van der Waals surface area contributed by atoms with Crippen molar-refractivity contribution in [2.75, 3.05) is 20.0 Å². The summed E-state index contributed by atoms with van der Waals surface area (Å²) in [4.78, 5) is 3.57. The maximum absolute atomic E-state index is 8.85. The molecule has 3 N–H and O–H groups in total. The Bertz CT molecular complexity index is 67.1. The van der Waals surface area contributed by atoms with E-state index < -0.39 is 6.10 Å². The van der Waals surface area contributed by atoms with Crippen molar-refractivity contribution in [3.8, 4) is 0 Å². The summed E-state index contributed by atoms with van der Waals surface area (Å²) in [6.07, 6.45) is -0.425. The zero-order chi connectivity index (χ0) is 7.82. The zero-order valence-electron chi connectivity index (χ0n) is 5.56. The minimum absolute atomic E-state index is 0.0567. The van der Waals surface area contributed by atoms with Gasteiger partial charge in [0.15, 0.2) is 6.79 Å². The average molecular weight is 152 g/mol. The summed E-state index contributed by atoms with van der Waals surface area (Å²) in [5.41, 5.74) is 0. The average Bonchev–Trinajstić information content (AvgIpc) is 1.89. The highest BCUT2D eigenvalue weighted by Crippen LogP contribution is 1.90. The molecule has 0 saturated carbocycles. The number of aliphatic hydroxyl groups is 2. The van der Waals surface area contributed by atoms with Crippen LogP contribution in [0.2, 0.25) is 0 Å². The Labute approximate surface area is 58.7 Å². The predicted octanol–water partition coefficient (Wildman–Crippen LogP) is -0.807. The highest BCUT2D eigenvalue weighted by molar-refractivity contribution is 4.50. The Balaban J connectivity index is 2.97. The Morgan fingerprint density at radius 2 is 2.10 bits per heavy atom. The molecule has 0 aromatic heterocycles. The lowest BCUT2D eigenvalue weighted by Gasteiger charge is -2.07. The van der Waals surface area contributed by atoms with Gasteiger partial charge in [0.1, 0.15) is 0 Å². The van der Waals surface area contributed by atoms with Crippen LogP contribution in [0.3, 0.4) is 0 Å². The van der Waals surface area contributed by atoms with Gasteiger partial charge in [0.2, 0.25) is 0 Å². The molecule has 62 valence electrons. The molecule has 0 amide bonds. The molecule has 0 saturated heterocycles. The van der Waals surface area contributed by atoms with Crippen molar-refractivity contribution < 1.29 is 25.1 Å². The van der Waals surface area contributed by atoms with Crippen molar-refractivity contribution in [3.05, 3.63) is 0 Å². The molecule has 5 heteroatoms. The van der Waals surface area contributed by atoms with E-state index in [1.807, 2.05) is 0 Å². The van der Waals surface area contributed by atoms with Crippen LogP contribution in [-0.4, -0.2) is 41.6 Å². The lowest BCUT2D eigenvalue weighted by molar-refractivity contribution is -0.298. The monoisotopic (exact) mass is 152 g/mol. The van der Waals surface area contributed by atoms with Crippen LogP contribution in [-0.2, 0) is 9.62 Å². The first-order chi connectivity index (χ1) is 4.81. The van der Waals surface area contributed by atoms with Gasteiger partial charge in [0.05, 0.1) is 12.7 Å². The van der Waals surface area contributed by atoms with Gasteiger partial charge >= 0.3 is 0 Å². The Hall–Kier alpha value is -0.200. The maximum Gasteiger partial charge on any atom is 0.180 e. The van der Waals surface area contributed by atoms with Gasteiger partial charge in [-0.05, 0) is 6.42 Å². The number of rotatable bonds is 6. The van der Waals surface area contributed by atoms with Crippen LogP contribution in [0.15, 0.2) is 0 Å². The summed E-state index contributed by atoms with van der Waals surface area (Å²) in [5.74, 6) is 0. The van der Waals surface area contributed by atoms with E-state index >= 15 is 0 Å². The molecule has 0 spiro atoms. The normalized spacial score (nSPS) is 13.5. The van der Waals surface area contributed by atoms with Crippen LogP contribution in [0, 0.1) is 0 Å². The lowest BCUT2D eigenvalue weighted by Crippen LogP contribution is -2.17. The van der Waals surface area contributed by atoms with Gasteiger partial charge in [-0.2, -0.15) is 0 Å². The number of hydrogen-bond acceptors (Lipinski definition) is 5. The minimum atomic E-state index is -0.694. The minimum Gasteiger partial charge on any atom is -0.396 e. The molecule has 0 bridgehead atoms. The summed E-state index contributed by atoms with van der Waals surface area (Å²) in [6, 6.07) is 0.